The number of nitrogens with two attached hydrogens (primary N) is 1. The number of nitrogens with zero attached hydrogens (tertiary/aromatic N) is 3. The van der Waals surface area contributed by atoms with Crippen LogP contribution < -0.4 is 15.8 Å². The standard InChI is InChI=1S/C24H25ClN6O3S/c25-21-7-3-1-6-17(21)14-28-35(33,34)19-11-9-18(10-12-19)29-24-20(23(27)32)15-31(30-24)22-8-4-2-5-16(22)13-26/h1,3,6-7,9-12,15-16,22,28H,2,4-5,8,14H2,(H2,27,32)(H,29,30)/t16-,22+/m1/s1. The number of nitrogens with one attached hydrogen (secondary N) is 2. The molecular formula is C24H25ClN6O3S. The van der Waals surface area contributed by atoms with Crippen LogP contribution in [0.4, 0.5) is 11.5 Å². The summed E-state index contributed by atoms with van der Waals surface area (Å²) in [5.41, 5.74) is 6.96. The fourth-order valence-corrected chi connectivity index (χ4v) is 5.37. The van der Waals surface area contributed by atoms with E-state index in [9.17, 15) is 18.5 Å². The zero-order chi connectivity index (χ0) is 25.0. The van der Waals surface area contributed by atoms with E-state index in [0.717, 1.165) is 25.7 Å². The van der Waals surface area contributed by atoms with Gasteiger partial charge >= 0.3 is 0 Å². The molecule has 4 rings (SSSR count). The van der Waals surface area contributed by atoms with Crippen LogP contribution in [0.25, 0.3) is 0 Å². The molecule has 35 heavy (non-hydrogen) atoms. The number of nitriles is 1. The Balaban J connectivity index is 1.50. The summed E-state index contributed by atoms with van der Waals surface area (Å²) in [6.07, 6.45) is 5.13. The summed E-state index contributed by atoms with van der Waals surface area (Å²) >= 11 is 6.10. The minimum absolute atomic E-state index is 0.0618. The van der Waals surface area contributed by atoms with Gasteiger partial charge in [-0.15, -0.1) is 0 Å². The lowest BCUT2D eigenvalue weighted by atomic mass is 9.85. The van der Waals surface area contributed by atoms with Gasteiger partial charge in [0.15, 0.2) is 5.82 Å². The number of sulfonamides is 1. The van der Waals surface area contributed by atoms with Crippen LogP contribution in [0.3, 0.4) is 0 Å². The van der Waals surface area contributed by atoms with Crippen molar-refractivity contribution >= 4 is 39.0 Å². The fraction of sp³-hybridized carbons (Fsp3) is 0.292. The molecule has 0 bridgehead atoms. The first-order chi connectivity index (χ1) is 16.8. The summed E-state index contributed by atoms with van der Waals surface area (Å²) in [5.74, 6) is -0.571. The zero-order valence-corrected chi connectivity index (χ0v) is 20.4. The highest BCUT2D eigenvalue weighted by atomic mass is 35.5. The lowest BCUT2D eigenvalue weighted by Crippen LogP contribution is -2.23. The third kappa shape index (κ3) is 5.65. The third-order valence-corrected chi connectivity index (χ3v) is 7.86. The summed E-state index contributed by atoms with van der Waals surface area (Å²) in [6.45, 7) is 0.0618. The van der Waals surface area contributed by atoms with Crippen LogP contribution in [-0.4, -0.2) is 24.1 Å². The predicted octanol–water partition coefficient (Wildman–Crippen LogP) is 4.11. The van der Waals surface area contributed by atoms with Crippen LogP contribution in [0.5, 0.6) is 0 Å². The van der Waals surface area contributed by atoms with Crippen molar-refractivity contribution in [1.82, 2.24) is 14.5 Å². The Morgan fingerprint density at radius 2 is 1.89 bits per heavy atom. The van der Waals surface area contributed by atoms with Crippen LogP contribution in [0, 0.1) is 17.2 Å². The molecule has 0 spiro atoms. The molecule has 1 aliphatic rings. The van der Waals surface area contributed by atoms with Gasteiger partial charge in [-0.3, -0.25) is 9.48 Å². The lowest BCUT2D eigenvalue weighted by Gasteiger charge is -2.26. The maximum Gasteiger partial charge on any atom is 0.254 e. The molecule has 4 N–H and O–H groups in total. The maximum atomic E-state index is 12.7. The topological polar surface area (TPSA) is 143 Å². The number of aromatic nitrogens is 2. The predicted molar refractivity (Wildman–Crippen MR) is 133 cm³/mol. The molecule has 0 unspecified atom stereocenters. The second kappa shape index (κ2) is 10.5. The van der Waals surface area contributed by atoms with E-state index >= 15 is 0 Å². The summed E-state index contributed by atoms with van der Waals surface area (Å²) in [7, 11) is -3.77. The normalized spacial score (nSPS) is 18.1. The van der Waals surface area contributed by atoms with Crippen molar-refractivity contribution < 1.29 is 13.2 Å². The first-order valence-corrected chi connectivity index (χ1v) is 13.0. The van der Waals surface area contributed by atoms with Gasteiger partial charge < -0.3 is 11.1 Å². The minimum Gasteiger partial charge on any atom is -0.365 e. The molecule has 2 aromatic carbocycles. The highest BCUT2D eigenvalue weighted by molar-refractivity contribution is 7.89. The van der Waals surface area contributed by atoms with Gasteiger partial charge in [0.2, 0.25) is 10.0 Å². The Kier molecular flexibility index (Phi) is 7.40. The van der Waals surface area contributed by atoms with E-state index in [2.05, 4.69) is 21.2 Å². The van der Waals surface area contributed by atoms with Crippen LogP contribution in [-0.2, 0) is 16.6 Å². The van der Waals surface area contributed by atoms with Crippen molar-refractivity contribution in [2.24, 2.45) is 11.7 Å². The Bertz CT molecular complexity index is 1360. The number of carbonyl (C=O) groups excluding carboxylic acids is 1. The first kappa shape index (κ1) is 24.7. The van der Waals surface area contributed by atoms with Crippen molar-refractivity contribution in [1.29, 1.82) is 5.26 Å². The molecule has 1 aliphatic carbocycles. The van der Waals surface area contributed by atoms with Crippen molar-refractivity contribution in [3.8, 4) is 6.07 Å². The number of halogens is 1. The molecular weight excluding hydrogens is 488 g/mol. The molecule has 11 heteroatoms. The highest BCUT2D eigenvalue weighted by Crippen LogP contribution is 2.34. The molecule has 1 saturated carbocycles. The largest absolute Gasteiger partial charge is 0.365 e. The Morgan fingerprint density at radius 3 is 2.57 bits per heavy atom. The van der Waals surface area contributed by atoms with E-state index in [1.807, 2.05) is 0 Å². The molecule has 1 fully saturated rings. The van der Waals surface area contributed by atoms with Crippen molar-refractivity contribution in [2.75, 3.05) is 5.32 Å². The number of hydrogen-bond acceptors (Lipinski definition) is 6. The van der Waals surface area contributed by atoms with Gasteiger partial charge in [0.1, 0.15) is 5.56 Å². The Hall–Kier alpha value is -3.39. The molecule has 2 atom stereocenters. The minimum atomic E-state index is -3.77. The number of benzene rings is 2. The monoisotopic (exact) mass is 512 g/mol. The van der Waals surface area contributed by atoms with Gasteiger partial charge in [-0.05, 0) is 48.7 Å². The highest BCUT2D eigenvalue weighted by Gasteiger charge is 2.29. The number of anilines is 2. The first-order valence-electron chi connectivity index (χ1n) is 11.2. The second-order valence-corrected chi connectivity index (χ2v) is 10.6. The van der Waals surface area contributed by atoms with E-state index in [4.69, 9.17) is 17.3 Å². The molecule has 1 amide bonds. The smallest absolute Gasteiger partial charge is 0.254 e. The van der Waals surface area contributed by atoms with Gasteiger partial charge in [0, 0.05) is 23.5 Å². The van der Waals surface area contributed by atoms with E-state index in [0.29, 0.717) is 16.3 Å². The van der Waals surface area contributed by atoms with Gasteiger partial charge in [0.25, 0.3) is 5.91 Å². The molecule has 182 valence electrons. The molecule has 0 saturated heterocycles. The molecule has 1 heterocycles. The van der Waals surface area contributed by atoms with Crippen LogP contribution in [0.15, 0.2) is 59.6 Å². The van der Waals surface area contributed by atoms with Gasteiger partial charge in [-0.1, -0.05) is 42.6 Å². The van der Waals surface area contributed by atoms with Crippen LogP contribution in [0.1, 0.15) is 47.6 Å². The number of hydrogen-bond donors (Lipinski definition) is 3. The van der Waals surface area contributed by atoms with E-state index in [-0.39, 0.29) is 34.8 Å². The third-order valence-electron chi connectivity index (χ3n) is 6.07. The summed E-state index contributed by atoms with van der Waals surface area (Å²) in [6, 6.07) is 15.3. The van der Waals surface area contributed by atoms with Crippen LogP contribution in [0.2, 0.25) is 5.02 Å². The summed E-state index contributed by atoms with van der Waals surface area (Å²) in [4.78, 5) is 12.1. The molecule has 1 aromatic heterocycles. The molecule has 0 radical (unpaired) electrons. The Labute approximate surface area is 208 Å². The number of rotatable bonds is 8. The maximum absolute atomic E-state index is 12.7. The molecule has 0 aliphatic heterocycles. The average molecular weight is 513 g/mol. The summed E-state index contributed by atoms with van der Waals surface area (Å²) < 4.78 is 29.6. The molecule has 3 aromatic rings. The van der Waals surface area contributed by atoms with Gasteiger partial charge in [-0.2, -0.15) is 10.4 Å². The van der Waals surface area contributed by atoms with Crippen molar-refractivity contribution in [2.45, 2.75) is 43.2 Å². The van der Waals surface area contributed by atoms with Crippen molar-refractivity contribution in [3.05, 3.63) is 70.9 Å². The summed E-state index contributed by atoms with van der Waals surface area (Å²) in [5, 5.41) is 17.5. The molecule has 9 nitrogen and oxygen atoms in total. The average Bonchev–Trinajstić information content (AvgIpc) is 3.28. The number of amides is 1. The lowest BCUT2D eigenvalue weighted by molar-refractivity contribution is 0.100. The van der Waals surface area contributed by atoms with E-state index in [1.165, 1.54) is 12.1 Å². The van der Waals surface area contributed by atoms with Gasteiger partial charge in [0.05, 0.1) is 22.9 Å². The van der Waals surface area contributed by atoms with E-state index < -0.39 is 15.9 Å². The Morgan fingerprint density at radius 1 is 1.17 bits per heavy atom. The number of carbonyl (C=O) groups is 1. The fourth-order valence-electron chi connectivity index (χ4n) is 4.16. The number of primary amides is 1. The SMILES string of the molecule is N#C[C@H]1CCCC[C@@H]1n1cc(C(N)=O)c(Nc2ccc(S(=O)(=O)NCc3ccccc3Cl)cc2)n1. The van der Waals surface area contributed by atoms with Crippen molar-refractivity contribution in [3.63, 3.8) is 0 Å². The van der Waals surface area contributed by atoms with E-state index in [1.54, 1.807) is 47.3 Å². The quantitative estimate of drug-likeness (QED) is 0.414. The second-order valence-electron chi connectivity index (χ2n) is 8.39. The zero-order valence-electron chi connectivity index (χ0n) is 18.8. The van der Waals surface area contributed by atoms with Gasteiger partial charge in [-0.25, -0.2) is 13.1 Å². The van der Waals surface area contributed by atoms with Crippen LogP contribution >= 0.6 is 11.6 Å².